The van der Waals surface area contributed by atoms with Crippen molar-refractivity contribution in [1.82, 2.24) is 19.1 Å². The largest absolute Gasteiger partial charge is 0.460 e. The van der Waals surface area contributed by atoms with Crippen molar-refractivity contribution >= 4 is 34.3 Å². The molecule has 0 atom stereocenters. The fourth-order valence-electron chi connectivity index (χ4n) is 2.74. The van der Waals surface area contributed by atoms with E-state index in [1.54, 1.807) is 37.1 Å². The van der Waals surface area contributed by atoms with E-state index in [2.05, 4.69) is 9.97 Å². The molecule has 2 aromatic heterocycles. The molecule has 0 spiro atoms. The Labute approximate surface area is 154 Å². The second kappa shape index (κ2) is 6.80. The van der Waals surface area contributed by atoms with Gasteiger partial charge in [0.15, 0.2) is 0 Å². The maximum Gasteiger partial charge on any atom is 0.374 e. The molecule has 0 radical (unpaired) electrons. The van der Waals surface area contributed by atoms with Crippen molar-refractivity contribution in [3.8, 4) is 5.82 Å². The van der Waals surface area contributed by atoms with Gasteiger partial charge in [0.25, 0.3) is 0 Å². The minimum absolute atomic E-state index is 0.0978. The summed E-state index contributed by atoms with van der Waals surface area (Å²) in [6.07, 6.45) is 1.44. The predicted octanol–water partition coefficient (Wildman–Crippen LogP) is 2.02. The van der Waals surface area contributed by atoms with E-state index in [4.69, 9.17) is 16.3 Å². The van der Waals surface area contributed by atoms with Crippen LogP contribution in [0.1, 0.15) is 17.5 Å². The third kappa shape index (κ3) is 2.92. The number of nitrogens with zero attached hydrogens (tertiary/aromatic N) is 5. The number of imidazole rings is 1. The molecule has 0 aliphatic rings. The number of rotatable bonds is 4. The van der Waals surface area contributed by atoms with E-state index in [1.165, 1.54) is 15.3 Å². The minimum Gasteiger partial charge on any atom is -0.460 e. The summed E-state index contributed by atoms with van der Waals surface area (Å²) in [5.74, 6) is 0.462. The highest BCUT2D eigenvalue weighted by Gasteiger charge is 2.20. The highest BCUT2D eigenvalue weighted by atomic mass is 35.5. The van der Waals surface area contributed by atoms with E-state index >= 15 is 0 Å². The summed E-state index contributed by atoms with van der Waals surface area (Å²) in [5.41, 5.74) is 0.0708. The molecule has 1 aromatic carbocycles. The number of esters is 1. The van der Waals surface area contributed by atoms with Crippen molar-refractivity contribution in [3.63, 3.8) is 0 Å². The number of anilines is 1. The van der Waals surface area contributed by atoms with Crippen LogP contribution in [0.5, 0.6) is 0 Å². The molecule has 2 heterocycles. The van der Waals surface area contributed by atoms with Crippen LogP contribution in [0.4, 0.5) is 5.82 Å². The number of benzene rings is 1. The molecule has 0 unspecified atom stereocenters. The first-order valence-corrected chi connectivity index (χ1v) is 8.31. The summed E-state index contributed by atoms with van der Waals surface area (Å²) < 4.78 is 7.87. The molecule has 0 aliphatic carbocycles. The number of hydrogen-bond acceptors (Lipinski definition) is 6. The zero-order valence-corrected chi connectivity index (χ0v) is 15.6. The number of aromatic nitrogens is 4. The molecule has 0 N–H and O–H groups in total. The monoisotopic (exact) mass is 375 g/mol. The van der Waals surface area contributed by atoms with Crippen LogP contribution in [0.15, 0.2) is 29.2 Å². The third-order valence-electron chi connectivity index (χ3n) is 3.91. The van der Waals surface area contributed by atoms with Gasteiger partial charge in [0.1, 0.15) is 11.6 Å². The van der Waals surface area contributed by atoms with Crippen molar-refractivity contribution in [1.29, 1.82) is 0 Å². The molecular weight excluding hydrogens is 358 g/mol. The van der Waals surface area contributed by atoms with Gasteiger partial charge < -0.3 is 14.2 Å². The van der Waals surface area contributed by atoms with Crippen LogP contribution in [0, 0.1) is 0 Å². The first-order valence-electron chi connectivity index (χ1n) is 7.94. The second-order valence-electron chi connectivity index (χ2n) is 5.83. The normalized spacial score (nSPS) is 11.0. The molecule has 9 heteroatoms. The maximum absolute atomic E-state index is 12.8. The average Bonchev–Trinajstić information content (AvgIpc) is 2.95. The number of ether oxygens (including phenoxy) is 1. The highest BCUT2D eigenvalue weighted by molar-refractivity contribution is 6.31. The summed E-state index contributed by atoms with van der Waals surface area (Å²) >= 11 is 6.15. The van der Waals surface area contributed by atoms with Crippen LogP contribution in [0.3, 0.4) is 0 Å². The van der Waals surface area contributed by atoms with Gasteiger partial charge in [-0.15, -0.1) is 0 Å². The molecular formula is C17H18ClN5O3. The van der Waals surface area contributed by atoms with Crippen LogP contribution in [-0.2, 0) is 11.8 Å². The lowest BCUT2D eigenvalue weighted by Gasteiger charge is -2.17. The topological polar surface area (TPSA) is 82.2 Å². The summed E-state index contributed by atoms with van der Waals surface area (Å²) in [6.45, 7) is 1.95. The first-order chi connectivity index (χ1) is 12.3. The number of fused-ring (bicyclic) bond motifs is 1. The van der Waals surface area contributed by atoms with E-state index in [0.717, 1.165) is 5.39 Å². The van der Waals surface area contributed by atoms with Gasteiger partial charge in [0.2, 0.25) is 5.82 Å². The number of carbonyl (C=O) groups is 1. The minimum atomic E-state index is -0.561. The first kappa shape index (κ1) is 17.9. The lowest BCUT2D eigenvalue weighted by molar-refractivity contribution is 0.0508. The molecule has 26 heavy (non-hydrogen) atoms. The standard InChI is InChI=1S/C17H18ClN5O3/c1-5-26-16(24)15-19-9-13(22(15)4)23-12-8-10(18)6-7-11(12)14(21(2)3)20-17(23)25/h6-9H,5H2,1-4H3. The van der Waals surface area contributed by atoms with E-state index in [1.807, 2.05) is 14.1 Å². The molecule has 0 amide bonds. The van der Waals surface area contributed by atoms with E-state index < -0.39 is 11.7 Å². The Morgan fingerprint density at radius 1 is 1.35 bits per heavy atom. The Morgan fingerprint density at radius 3 is 2.73 bits per heavy atom. The molecule has 0 saturated carbocycles. The Kier molecular flexibility index (Phi) is 4.69. The van der Waals surface area contributed by atoms with Crippen LogP contribution in [-0.4, -0.2) is 45.8 Å². The summed E-state index contributed by atoms with van der Waals surface area (Å²) in [7, 11) is 5.25. The molecule has 3 aromatic rings. The van der Waals surface area contributed by atoms with Crippen molar-refractivity contribution in [3.05, 3.63) is 45.7 Å². The van der Waals surface area contributed by atoms with Gasteiger partial charge in [-0.2, -0.15) is 4.98 Å². The van der Waals surface area contributed by atoms with Gasteiger partial charge in [-0.25, -0.2) is 19.1 Å². The number of halogens is 1. The van der Waals surface area contributed by atoms with Crippen molar-refractivity contribution in [2.24, 2.45) is 7.05 Å². The zero-order chi connectivity index (χ0) is 19.0. The Hall–Kier alpha value is -2.87. The summed E-state index contributed by atoms with van der Waals surface area (Å²) in [5, 5.41) is 1.23. The van der Waals surface area contributed by atoms with Gasteiger partial charge in [-0.3, -0.25) is 0 Å². The second-order valence-corrected chi connectivity index (χ2v) is 6.27. The molecule has 0 fully saturated rings. The lowest BCUT2D eigenvalue weighted by Crippen LogP contribution is -2.27. The fourth-order valence-corrected chi connectivity index (χ4v) is 2.90. The van der Waals surface area contributed by atoms with Crippen LogP contribution >= 0.6 is 11.6 Å². The summed E-state index contributed by atoms with van der Waals surface area (Å²) in [4.78, 5) is 34.8. The van der Waals surface area contributed by atoms with Gasteiger partial charge >= 0.3 is 11.7 Å². The van der Waals surface area contributed by atoms with Crippen LogP contribution in [0.25, 0.3) is 16.7 Å². The fraction of sp³-hybridized carbons (Fsp3) is 0.294. The molecule has 0 bridgehead atoms. The van der Waals surface area contributed by atoms with E-state index in [9.17, 15) is 9.59 Å². The van der Waals surface area contributed by atoms with Gasteiger partial charge in [0.05, 0.1) is 18.3 Å². The molecule has 0 saturated heterocycles. The predicted molar refractivity (Wildman–Crippen MR) is 99.4 cm³/mol. The Balaban J connectivity index is 2.32. The molecule has 8 nitrogen and oxygen atoms in total. The van der Waals surface area contributed by atoms with Gasteiger partial charge in [-0.05, 0) is 25.1 Å². The van der Waals surface area contributed by atoms with Crippen LogP contribution < -0.4 is 10.6 Å². The lowest BCUT2D eigenvalue weighted by atomic mass is 10.2. The highest BCUT2D eigenvalue weighted by Crippen LogP contribution is 2.26. The molecule has 136 valence electrons. The molecule has 3 rings (SSSR count). The average molecular weight is 376 g/mol. The number of hydrogen-bond donors (Lipinski definition) is 0. The third-order valence-corrected chi connectivity index (χ3v) is 4.14. The van der Waals surface area contributed by atoms with E-state index in [-0.39, 0.29) is 12.4 Å². The number of carbonyl (C=O) groups excluding carboxylic acids is 1. The van der Waals surface area contributed by atoms with Gasteiger partial charge in [0, 0.05) is 31.6 Å². The van der Waals surface area contributed by atoms with Crippen molar-refractivity contribution in [2.75, 3.05) is 25.6 Å². The zero-order valence-electron chi connectivity index (χ0n) is 14.9. The Morgan fingerprint density at radius 2 is 2.08 bits per heavy atom. The quantitative estimate of drug-likeness (QED) is 0.649. The van der Waals surface area contributed by atoms with Crippen molar-refractivity contribution < 1.29 is 9.53 Å². The maximum atomic E-state index is 12.8. The smallest absolute Gasteiger partial charge is 0.374 e. The molecule has 0 aliphatic heterocycles. The summed E-state index contributed by atoms with van der Waals surface area (Å²) in [6, 6.07) is 5.23. The SMILES string of the molecule is CCOC(=O)c1ncc(-n2c(=O)nc(N(C)C)c3ccc(Cl)cc32)n1C. The Bertz CT molecular complexity index is 1050. The van der Waals surface area contributed by atoms with Crippen molar-refractivity contribution in [2.45, 2.75) is 6.92 Å². The van der Waals surface area contributed by atoms with E-state index in [0.29, 0.717) is 22.2 Å². The van der Waals surface area contributed by atoms with Gasteiger partial charge in [-0.1, -0.05) is 11.6 Å². The van der Waals surface area contributed by atoms with Crippen LogP contribution in [0.2, 0.25) is 5.02 Å².